The highest BCUT2D eigenvalue weighted by Gasteiger charge is 2.41. The number of aromatic nitrogens is 2. The molecule has 2 aliphatic rings. The fourth-order valence-electron chi connectivity index (χ4n) is 3.84. The topological polar surface area (TPSA) is 70.1 Å². The molecule has 5 nitrogen and oxygen atoms in total. The molecule has 5 heteroatoms. The Labute approximate surface area is 170 Å². The van der Waals surface area contributed by atoms with Gasteiger partial charge in [-0.25, -0.2) is 4.98 Å². The molecule has 0 radical (unpaired) electrons. The van der Waals surface area contributed by atoms with Crippen molar-refractivity contribution in [1.82, 2.24) is 9.55 Å². The van der Waals surface area contributed by atoms with Crippen LogP contribution in [-0.4, -0.2) is 16.2 Å². The number of hydrogen-bond donors (Lipinski definition) is 1. The monoisotopic (exact) mass is 387 g/mol. The summed E-state index contributed by atoms with van der Waals surface area (Å²) in [7, 11) is 1.64. The number of rotatable bonds is 6. The number of nitrogen functional groups attached to an aromatic ring is 1. The molecule has 1 aromatic heterocycles. The van der Waals surface area contributed by atoms with Crippen molar-refractivity contribution >= 4 is 5.95 Å². The van der Waals surface area contributed by atoms with Gasteiger partial charge in [0.2, 0.25) is 5.95 Å². The number of ether oxygens (including phenoxy) is 1. The van der Waals surface area contributed by atoms with Gasteiger partial charge in [0, 0.05) is 19.0 Å². The second-order valence-corrected chi connectivity index (χ2v) is 8.29. The van der Waals surface area contributed by atoms with Gasteiger partial charge in [-0.2, -0.15) is 0 Å². The molecule has 2 saturated carbocycles. The summed E-state index contributed by atoms with van der Waals surface area (Å²) >= 11 is 0. The van der Waals surface area contributed by atoms with E-state index in [0.29, 0.717) is 5.92 Å². The van der Waals surface area contributed by atoms with Gasteiger partial charge < -0.3 is 10.5 Å². The smallest absolute Gasteiger partial charge is 0.254 e. The standard InChI is InChI=1S/C24H25N3O2/c1-27-23(28)13-22(26-24(27)25)21-12-20(21)17-9-7-16(8-10-17)18-3-2-4-19(11-18)29-14-15-5-6-15/h2-4,7-11,13,15,20-21H,5-6,12,14H2,1H3,(H2,25,26)/t20-,21-/m0/s1. The first-order valence-corrected chi connectivity index (χ1v) is 10.2. The van der Waals surface area contributed by atoms with E-state index in [-0.39, 0.29) is 17.4 Å². The van der Waals surface area contributed by atoms with Crippen LogP contribution in [0.5, 0.6) is 5.75 Å². The van der Waals surface area contributed by atoms with Gasteiger partial charge in [-0.05, 0) is 59.9 Å². The van der Waals surface area contributed by atoms with E-state index in [1.165, 1.54) is 28.5 Å². The van der Waals surface area contributed by atoms with E-state index < -0.39 is 0 Å². The summed E-state index contributed by atoms with van der Waals surface area (Å²) in [6, 6.07) is 18.6. The molecule has 2 aliphatic carbocycles. The maximum absolute atomic E-state index is 12.0. The van der Waals surface area contributed by atoms with Gasteiger partial charge in [0.05, 0.1) is 12.3 Å². The Morgan fingerprint density at radius 3 is 2.59 bits per heavy atom. The fourth-order valence-corrected chi connectivity index (χ4v) is 3.84. The Morgan fingerprint density at radius 1 is 1.07 bits per heavy atom. The third-order valence-electron chi connectivity index (χ3n) is 6.05. The summed E-state index contributed by atoms with van der Waals surface area (Å²) in [6.45, 7) is 0.826. The lowest BCUT2D eigenvalue weighted by atomic mass is 10.0. The van der Waals surface area contributed by atoms with Crippen LogP contribution in [0.15, 0.2) is 59.4 Å². The molecular weight excluding hydrogens is 362 g/mol. The SMILES string of the molecule is Cn1c(N)nc([C@H]2C[C@H]2c2ccc(-c3cccc(OCC4CC4)c3)cc2)cc1=O. The Morgan fingerprint density at radius 2 is 1.86 bits per heavy atom. The van der Waals surface area contributed by atoms with Crippen LogP contribution in [0, 0.1) is 5.92 Å². The van der Waals surface area contributed by atoms with E-state index in [1.54, 1.807) is 13.1 Å². The van der Waals surface area contributed by atoms with Crippen molar-refractivity contribution < 1.29 is 4.74 Å². The number of anilines is 1. The van der Waals surface area contributed by atoms with Crippen LogP contribution in [0.25, 0.3) is 11.1 Å². The van der Waals surface area contributed by atoms with Gasteiger partial charge in [-0.15, -0.1) is 0 Å². The largest absolute Gasteiger partial charge is 0.493 e. The Kier molecular flexibility index (Phi) is 4.38. The number of benzene rings is 2. The molecule has 2 fully saturated rings. The highest BCUT2D eigenvalue weighted by atomic mass is 16.5. The minimum Gasteiger partial charge on any atom is -0.493 e. The van der Waals surface area contributed by atoms with E-state index in [1.807, 2.05) is 12.1 Å². The minimum atomic E-state index is -0.0997. The molecule has 0 saturated heterocycles. The van der Waals surface area contributed by atoms with Crippen LogP contribution >= 0.6 is 0 Å². The first-order chi connectivity index (χ1) is 14.1. The first kappa shape index (κ1) is 18.0. The van der Waals surface area contributed by atoms with Crippen molar-refractivity contribution in [2.45, 2.75) is 31.1 Å². The van der Waals surface area contributed by atoms with E-state index in [9.17, 15) is 4.79 Å². The molecule has 3 aromatic rings. The number of nitrogens with zero attached hydrogens (tertiary/aromatic N) is 2. The lowest BCUT2D eigenvalue weighted by molar-refractivity contribution is 0.300. The predicted octanol–water partition coefficient (Wildman–Crippen LogP) is 4.09. The van der Waals surface area contributed by atoms with Crippen molar-refractivity contribution in [1.29, 1.82) is 0 Å². The van der Waals surface area contributed by atoms with Gasteiger partial charge in [0.25, 0.3) is 5.56 Å². The molecule has 1 heterocycles. The molecule has 0 aliphatic heterocycles. The third kappa shape index (κ3) is 3.77. The van der Waals surface area contributed by atoms with E-state index in [2.05, 4.69) is 41.4 Å². The quantitative estimate of drug-likeness (QED) is 0.692. The fraction of sp³-hybridized carbons (Fsp3) is 0.333. The summed E-state index contributed by atoms with van der Waals surface area (Å²) in [4.78, 5) is 16.4. The molecule has 0 amide bonds. The van der Waals surface area contributed by atoms with Crippen molar-refractivity contribution in [3.8, 4) is 16.9 Å². The number of hydrogen-bond acceptors (Lipinski definition) is 4. The lowest BCUT2D eigenvalue weighted by Crippen LogP contribution is -2.21. The van der Waals surface area contributed by atoms with E-state index in [4.69, 9.17) is 10.5 Å². The second kappa shape index (κ2) is 7.07. The normalized spacial score (nSPS) is 20.4. The van der Waals surface area contributed by atoms with Crippen LogP contribution in [0.3, 0.4) is 0 Å². The number of nitrogens with two attached hydrogens (primary N) is 1. The Bertz CT molecular complexity index is 1100. The van der Waals surface area contributed by atoms with Crippen LogP contribution in [0.2, 0.25) is 0 Å². The molecular formula is C24H25N3O2. The molecule has 0 spiro atoms. The Hall–Kier alpha value is -3.08. The van der Waals surface area contributed by atoms with Crippen molar-refractivity contribution in [3.05, 3.63) is 76.2 Å². The molecule has 2 atom stereocenters. The van der Waals surface area contributed by atoms with Gasteiger partial charge in [0.1, 0.15) is 5.75 Å². The second-order valence-electron chi connectivity index (χ2n) is 8.29. The van der Waals surface area contributed by atoms with Crippen molar-refractivity contribution in [2.24, 2.45) is 13.0 Å². The van der Waals surface area contributed by atoms with Crippen molar-refractivity contribution in [3.63, 3.8) is 0 Å². The van der Waals surface area contributed by atoms with Crippen LogP contribution in [0.4, 0.5) is 5.95 Å². The maximum Gasteiger partial charge on any atom is 0.254 e. The van der Waals surface area contributed by atoms with Crippen LogP contribution in [-0.2, 0) is 7.05 Å². The zero-order valence-electron chi connectivity index (χ0n) is 16.5. The van der Waals surface area contributed by atoms with Gasteiger partial charge in [-0.1, -0.05) is 36.4 Å². The predicted molar refractivity (Wildman–Crippen MR) is 114 cm³/mol. The highest BCUT2D eigenvalue weighted by molar-refractivity contribution is 5.65. The summed E-state index contributed by atoms with van der Waals surface area (Å²) in [5.74, 6) is 2.64. The minimum absolute atomic E-state index is 0.0997. The zero-order chi connectivity index (χ0) is 20.0. The summed E-state index contributed by atoms with van der Waals surface area (Å²) in [5, 5.41) is 0. The average molecular weight is 387 g/mol. The summed E-state index contributed by atoms with van der Waals surface area (Å²) in [6.07, 6.45) is 3.59. The van der Waals surface area contributed by atoms with Crippen molar-refractivity contribution in [2.75, 3.05) is 12.3 Å². The first-order valence-electron chi connectivity index (χ1n) is 10.2. The Balaban J connectivity index is 1.30. The van der Waals surface area contributed by atoms with Gasteiger partial charge in [0.15, 0.2) is 0 Å². The molecule has 2 N–H and O–H groups in total. The highest BCUT2D eigenvalue weighted by Crippen LogP contribution is 2.54. The summed E-state index contributed by atoms with van der Waals surface area (Å²) in [5.41, 5.74) is 10.2. The van der Waals surface area contributed by atoms with Crippen LogP contribution < -0.4 is 16.0 Å². The lowest BCUT2D eigenvalue weighted by Gasteiger charge is -2.09. The zero-order valence-corrected chi connectivity index (χ0v) is 16.5. The third-order valence-corrected chi connectivity index (χ3v) is 6.05. The molecule has 5 rings (SSSR count). The average Bonchev–Trinajstić information content (AvgIpc) is 3.65. The molecule has 148 valence electrons. The van der Waals surface area contributed by atoms with Gasteiger partial charge in [-0.3, -0.25) is 9.36 Å². The van der Waals surface area contributed by atoms with E-state index >= 15 is 0 Å². The molecule has 0 bridgehead atoms. The van der Waals surface area contributed by atoms with Crippen LogP contribution in [0.1, 0.15) is 42.4 Å². The maximum atomic E-state index is 12.0. The summed E-state index contributed by atoms with van der Waals surface area (Å²) < 4.78 is 7.28. The molecule has 29 heavy (non-hydrogen) atoms. The van der Waals surface area contributed by atoms with E-state index in [0.717, 1.165) is 36.0 Å². The molecule has 2 aromatic carbocycles. The van der Waals surface area contributed by atoms with Gasteiger partial charge >= 0.3 is 0 Å². The molecule has 0 unspecified atom stereocenters.